The van der Waals surface area contributed by atoms with Crippen molar-refractivity contribution in [2.45, 2.75) is 26.2 Å². The Bertz CT molecular complexity index is 1040. The second-order valence-corrected chi connectivity index (χ2v) is 7.04. The van der Waals surface area contributed by atoms with E-state index in [1.54, 1.807) is 18.2 Å². The highest BCUT2D eigenvalue weighted by Gasteiger charge is 2.30. The molecule has 158 valence electrons. The molecule has 0 aromatic heterocycles. The number of carbonyl (C=O) groups is 4. The molecule has 8 nitrogen and oxygen atoms in total. The number of carbonyl (C=O) groups excluding carboxylic acids is 4. The summed E-state index contributed by atoms with van der Waals surface area (Å²) in [7, 11) is 0. The molecule has 1 aliphatic rings. The van der Waals surface area contributed by atoms with Gasteiger partial charge in [-0.1, -0.05) is 23.8 Å². The number of nitrogens with zero attached hydrogens (tertiary/aromatic N) is 3. The van der Waals surface area contributed by atoms with Crippen molar-refractivity contribution in [3.05, 3.63) is 59.7 Å². The number of hydrogen-bond donors (Lipinski definition) is 0. The Balaban J connectivity index is 1.68. The summed E-state index contributed by atoms with van der Waals surface area (Å²) in [6, 6.07) is 15.2. The predicted octanol–water partition coefficient (Wildman–Crippen LogP) is 2.75. The number of benzene rings is 2. The van der Waals surface area contributed by atoms with Gasteiger partial charge in [0.15, 0.2) is 6.61 Å². The van der Waals surface area contributed by atoms with Crippen LogP contribution in [0.25, 0.3) is 0 Å². The molecule has 0 saturated carbocycles. The third-order valence-corrected chi connectivity index (χ3v) is 4.81. The lowest BCUT2D eigenvalue weighted by molar-refractivity contribution is -0.122. The summed E-state index contributed by atoms with van der Waals surface area (Å²) in [6.07, 6.45) is 0.409. The Morgan fingerprint density at radius 1 is 1.10 bits per heavy atom. The molecule has 0 N–H and O–H groups in total. The van der Waals surface area contributed by atoms with Gasteiger partial charge in [0.25, 0.3) is 5.91 Å². The third-order valence-electron chi connectivity index (χ3n) is 4.81. The Hall–Kier alpha value is -3.99. The minimum Gasteiger partial charge on any atom is -0.452 e. The van der Waals surface area contributed by atoms with Crippen molar-refractivity contribution in [1.29, 1.82) is 5.26 Å². The summed E-state index contributed by atoms with van der Waals surface area (Å²) in [5.41, 5.74) is 2.05. The molecular formula is C23H21N3O5. The van der Waals surface area contributed by atoms with Crippen LogP contribution in [-0.2, 0) is 19.1 Å². The summed E-state index contributed by atoms with van der Waals surface area (Å²) in [6.45, 7) is 1.58. The fraction of sp³-hybridized carbons (Fsp3) is 0.261. The van der Waals surface area contributed by atoms with Gasteiger partial charge < -0.3 is 9.64 Å². The number of imide groups is 1. The number of rotatable bonds is 7. The molecule has 1 fully saturated rings. The van der Waals surface area contributed by atoms with Crippen LogP contribution < -0.4 is 9.80 Å². The molecule has 1 aliphatic heterocycles. The minimum atomic E-state index is -0.751. The first kappa shape index (κ1) is 21.7. The first-order valence-corrected chi connectivity index (χ1v) is 9.77. The summed E-state index contributed by atoms with van der Waals surface area (Å²) in [4.78, 5) is 51.4. The molecule has 0 unspecified atom stereocenters. The zero-order chi connectivity index (χ0) is 22.4. The minimum absolute atomic E-state index is 0.122. The second kappa shape index (κ2) is 9.67. The standard InChI is InChI=1S/C23H21N3O5/c1-16-6-8-18(9-7-16)25(13-3-12-24)22(29)15-31-23(30)17-4-2-5-19(14-17)26-20(27)10-11-21(26)28/h2,4-9,14H,3,10-11,13,15H2,1H3. The number of ether oxygens (including phenoxy) is 1. The van der Waals surface area contributed by atoms with E-state index in [-0.39, 0.29) is 43.2 Å². The molecular weight excluding hydrogens is 398 g/mol. The molecule has 3 amide bonds. The van der Waals surface area contributed by atoms with Crippen molar-refractivity contribution in [2.24, 2.45) is 0 Å². The number of aryl methyl sites for hydroxylation is 1. The maximum atomic E-state index is 12.7. The number of amides is 3. The van der Waals surface area contributed by atoms with E-state index in [0.29, 0.717) is 11.4 Å². The number of nitriles is 1. The third kappa shape index (κ3) is 5.14. The van der Waals surface area contributed by atoms with Gasteiger partial charge in [0.1, 0.15) is 0 Å². The summed E-state index contributed by atoms with van der Waals surface area (Å²) in [5.74, 6) is -1.86. The molecule has 0 bridgehead atoms. The van der Waals surface area contributed by atoms with Gasteiger partial charge in [0, 0.05) is 25.1 Å². The molecule has 0 spiro atoms. The van der Waals surface area contributed by atoms with E-state index < -0.39 is 18.5 Å². The average Bonchev–Trinajstić information content (AvgIpc) is 3.11. The quantitative estimate of drug-likeness (QED) is 0.504. The fourth-order valence-electron chi connectivity index (χ4n) is 3.21. The van der Waals surface area contributed by atoms with Crippen LogP contribution in [0.3, 0.4) is 0 Å². The van der Waals surface area contributed by atoms with Crippen molar-refractivity contribution < 1.29 is 23.9 Å². The van der Waals surface area contributed by atoms with Crippen LogP contribution in [0.5, 0.6) is 0 Å². The van der Waals surface area contributed by atoms with Crippen LogP contribution in [-0.4, -0.2) is 36.8 Å². The van der Waals surface area contributed by atoms with E-state index in [2.05, 4.69) is 0 Å². The lowest BCUT2D eigenvalue weighted by atomic mass is 10.2. The first-order chi connectivity index (χ1) is 14.9. The number of esters is 1. The van der Waals surface area contributed by atoms with Crippen LogP contribution in [0.1, 0.15) is 35.2 Å². The molecule has 3 rings (SSSR count). The molecule has 0 atom stereocenters. The Kier molecular flexibility index (Phi) is 6.78. The zero-order valence-electron chi connectivity index (χ0n) is 17.0. The van der Waals surface area contributed by atoms with Crippen molar-refractivity contribution in [3.63, 3.8) is 0 Å². The molecule has 31 heavy (non-hydrogen) atoms. The molecule has 2 aromatic rings. The van der Waals surface area contributed by atoms with E-state index in [1.165, 1.54) is 23.1 Å². The van der Waals surface area contributed by atoms with Gasteiger partial charge >= 0.3 is 5.97 Å². The van der Waals surface area contributed by atoms with E-state index >= 15 is 0 Å². The second-order valence-electron chi connectivity index (χ2n) is 7.04. The van der Waals surface area contributed by atoms with Crippen LogP contribution in [0.2, 0.25) is 0 Å². The molecule has 2 aromatic carbocycles. The molecule has 1 heterocycles. The monoisotopic (exact) mass is 419 g/mol. The average molecular weight is 419 g/mol. The molecule has 0 radical (unpaired) electrons. The summed E-state index contributed by atoms with van der Waals surface area (Å²) >= 11 is 0. The van der Waals surface area contributed by atoms with E-state index in [4.69, 9.17) is 10.00 Å². The fourth-order valence-corrected chi connectivity index (χ4v) is 3.21. The van der Waals surface area contributed by atoms with Gasteiger partial charge in [0.2, 0.25) is 11.8 Å². The highest BCUT2D eigenvalue weighted by molar-refractivity contribution is 6.20. The van der Waals surface area contributed by atoms with Gasteiger partial charge in [-0.05, 0) is 37.3 Å². The van der Waals surface area contributed by atoms with Crippen LogP contribution in [0, 0.1) is 18.3 Å². The van der Waals surface area contributed by atoms with Crippen LogP contribution in [0.15, 0.2) is 48.5 Å². The van der Waals surface area contributed by atoms with Gasteiger partial charge in [0.05, 0.1) is 23.7 Å². The van der Waals surface area contributed by atoms with E-state index in [1.807, 2.05) is 25.1 Å². The first-order valence-electron chi connectivity index (χ1n) is 9.77. The van der Waals surface area contributed by atoms with Crippen molar-refractivity contribution >= 4 is 35.1 Å². The van der Waals surface area contributed by atoms with Gasteiger partial charge in [-0.25, -0.2) is 4.79 Å². The summed E-state index contributed by atoms with van der Waals surface area (Å²) < 4.78 is 5.17. The van der Waals surface area contributed by atoms with Crippen molar-refractivity contribution in [2.75, 3.05) is 23.0 Å². The number of anilines is 2. The van der Waals surface area contributed by atoms with Crippen LogP contribution in [0.4, 0.5) is 11.4 Å². The zero-order valence-corrected chi connectivity index (χ0v) is 17.0. The largest absolute Gasteiger partial charge is 0.452 e. The molecule has 1 saturated heterocycles. The van der Waals surface area contributed by atoms with Crippen molar-refractivity contribution in [3.8, 4) is 6.07 Å². The van der Waals surface area contributed by atoms with E-state index in [0.717, 1.165) is 10.5 Å². The van der Waals surface area contributed by atoms with Gasteiger partial charge in [-0.2, -0.15) is 5.26 Å². The van der Waals surface area contributed by atoms with Crippen LogP contribution >= 0.6 is 0 Å². The van der Waals surface area contributed by atoms with Gasteiger partial charge in [-0.15, -0.1) is 0 Å². The predicted molar refractivity (Wildman–Crippen MR) is 112 cm³/mol. The lowest BCUT2D eigenvalue weighted by Crippen LogP contribution is -2.35. The molecule has 8 heteroatoms. The Morgan fingerprint density at radius 2 is 1.77 bits per heavy atom. The normalized spacial score (nSPS) is 13.1. The highest BCUT2D eigenvalue weighted by atomic mass is 16.5. The number of hydrogen-bond acceptors (Lipinski definition) is 6. The van der Waals surface area contributed by atoms with Gasteiger partial charge in [-0.3, -0.25) is 19.3 Å². The molecule has 0 aliphatic carbocycles. The van der Waals surface area contributed by atoms with E-state index in [9.17, 15) is 19.2 Å². The topological polar surface area (TPSA) is 108 Å². The highest BCUT2D eigenvalue weighted by Crippen LogP contribution is 2.24. The van der Waals surface area contributed by atoms with Crippen molar-refractivity contribution in [1.82, 2.24) is 0 Å². The maximum Gasteiger partial charge on any atom is 0.338 e. The smallest absolute Gasteiger partial charge is 0.338 e. The SMILES string of the molecule is Cc1ccc(N(CCC#N)C(=O)COC(=O)c2cccc(N3C(=O)CCC3=O)c2)cc1. The maximum absolute atomic E-state index is 12.7. The Labute approximate surface area is 179 Å². The lowest BCUT2D eigenvalue weighted by Gasteiger charge is -2.22. The Morgan fingerprint density at radius 3 is 2.42 bits per heavy atom. The summed E-state index contributed by atoms with van der Waals surface area (Å²) in [5, 5.41) is 8.88.